The molecule has 1 aromatic carbocycles. The lowest BCUT2D eigenvalue weighted by Gasteiger charge is -2.14. The number of aromatic amines is 2. The molecule has 3 aromatic rings. The number of nitrogens with one attached hydrogen (secondary N) is 2. The van der Waals surface area contributed by atoms with E-state index in [1.807, 2.05) is 45.9 Å². The third-order valence-corrected chi connectivity index (χ3v) is 3.99. The number of H-pyrrole nitrogens is 2. The number of carbonyl (C=O) groups excluding carboxylic acids is 2. The summed E-state index contributed by atoms with van der Waals surface area (Å²) < 4.78 is 0. The summed E-state index contributed by atoms with van der Waals surface area (Å²) in [7, 11) is 0. The Morgan fingerprint density at radius 1 is 1.12 bits per heavy atom. The van der Waals surface area contributed by atoms with Crippen LogP contribution in [-0.2, 0) is 0 Å². The van der Waals surface area contributed by atoms with E-state index in [-0.39, 0.29) is 11.6 Å². The van der Waals surface area contributed by atoms with Gasteiger partial charge in [-0.2, -0.15) is 0 Å². The number of rotatable bonds is 3. The zero-order chi connectivity index (χ0) is 17.5. The summed E-state index contributed by atoms with van der Waals surface area (Å²) in [4.78, 5) is 35.8. The molecule has 0 aliphatic heterocycles. The maximum atomic E-state index is 12.7. The lowest BCUT2D eigenvalue weighted by molar-refractivity contribution is -0.348. The van der Waals surface area contributed by atoms with E-state index in [4.69, 9.17) is 0 Å². The highest BCUT2D eigenvalue weighted by Gasteiger charge is 2.29. The first kappa shape index (κ1) is 16.1. The quantitative estimate of drug-likeness (QED) is 0.753. The molecule has 0 spiro atoms. The number of ketones is 2. The fraction of sp³-hybridized carbons (Fsp3) is 0.263. The molecule has 0 fully saturated rings. The van der Waals surface area contributed by atoms with Crippen LogP contribution in [-0.4, -0.2) is 21.5 Å². The van der Waals surface area contributed by atoms with E-state index >= 15 is 0 Å². The van der Waals surface area contributed by atoms with Crippen molar-refractivity contribution in [1.29, 1.82) is 0 Å². The molecule has 0 bridgehead atoms. The molecule has 0 unspecified atom stereocenters. The number of aryl methyl sites for hydroxylation is 1. The number of Topliss-reactive ketones (excluding diaryl/α,β-unsaturated/α-hetero) is 1. The van der Waals surface area contributed by atoms with E-state index in [0.717, 1.165) is 5.56 Å². The third kappa shape index (κ3) is 2.73. The largest absolute Gasteiger partial charge is 0.304 e. The van der Waals surface area contributed by atoms with Crippen molar-refractivity contribution in [3.05, 3.63) is 59.0 Å². The van der Waals surface area contributed by atoms with Crippen molar-refractivity contribution in [3.63, 3.8) is 0 Å². The Hall–Kier alpha value is -2.82. The Morgan fingerprint density at radius 2 is 1.83 bits per heavy atom. The van der Waals surface area contributed by atoms with Crippen molar-refractivity contribution in [2.75, 3.05) is 0 Å². The molecule has 2 N–H and O–H groups in total. The molecule has 122 valence electrons. The fourth-order valence-electron chi connectivity index (χ4n) is 2.59. The van der Waals surface area contributed by atoms with Gasteiger partial charge in [0.2, 0.25) is 5.78 Å². The van der Waals surface area contributed by atoms with Gasteiger partial charge in [-0.05, 0) is 12.5 Å². The summed E-state index contributed by atoms with van der Waals surface area (Å²) >= 11 is 0. The summed E-state index contributed by atoms with van der Waals surface area (Å²) in [6.45, 7) is 7.47. The molecular weight excluding hydrogens is 302 g/mol. The van der Waals surface area contributed by atoms with Crippen LogP contribution in [0.15, 0.2) is 36.7 Å². The highest BCUT2D eigenvalue weighted by atomic mass is 16.1. The van der Waals surface area contributed by atoms with Gasteiger partial charge in [-0.1, -0.05) is 45.0 Å². The second kappa shape index (κ2) is 5.67. The zero-order valence-corrected chi connectivity index (χ0v) is 14.2. The topological polar surface area (TPSA) is 77.0 Å². The first-order chi connectivity index (χ1) is 11.3. The van der Waals surface area contributed by atoms with Gasteiger partial charge in [0.25, 0.3) is 0 Å². The van der Waals surface area contributed by atoms with Gasteiger partial charge in [-0.25, -0.2) is 15.0 Å². The van der Waals surface area contributed by atoms with Crippen LogP contribution in [0.2, 0.25) is 0 Å². The van der Waals surface area contributed by atoms with E-state index in [1.54, 1.807) is 18.5 Å². The molecule has 0 radical (unpaired) electrons. The molecule has 0 amide bonds. The molecule has 0 aliphatic rings. The van der Waals surface area contributed by atoms with Gasteiger partial charge >= 0.3 is 5.65 Å². The molecule has 3 rings (SSSR count). The van der Waals surface area contributed by atoms with Crippen molar-refractivity contribution >= 4 is 22.7 Å². The Balaban J connectivity index is 2.10. The number of hydrogen-bond acceptors (Lipinski definition) is 3. The van der Waals surface area contributed by atoms with Crippen molar-refractivity contribution in [1.82, 2.24) is 9.97 Å². The predicted molar refractivity (Wildman–Crippen MR) is 91.0 cm³/mol. The van der Waals surface area contributed by atoms with Gasteiger partial charge in [0.15, 0.2) is 17.0 Å². The summed E-state index contributed by atoms with van der Waals surface area (Å²) in [5.74, 6) is -0.184. The molecule has 0 atom stereocenters. The number of carbonyl (C=O) groups is 2. The number of fused-ring (bicyclic) bond motifs is 1. The molecule has 5 heteroatoms. The summed E-state index contributed by atoms with van der Waals surface area (Å²) in [6, 6.07) is 7.39. The molecule has 5 nitrogen and oxygen atoms in total. The Kier molecular flexibility index (Phi) is 3.79. The predicted octanol–water partition coefficient (Wildman–Crippen LogP) is 3.15. The van der Waals surface area contributed by atoms with Crippen molar-refractivity contribution in [2.45, 2.75) is 27.7 Å². The third-order valence-electron chi connectivity index (χ3n) is 3.99. The highest BCUT2D eigenvalue weighted by Crippen LogP contribution is 2.24. The van der Waals surface area contributed by atoms with E-state index in [9.17, 15) is 9.59 Å². The first-order valence-corrected chi connectivity index (χ1v) is 7.84. The second-order valence-corrected chi connectivity index (χ2v) is 6.93. The second-order valence-electron chi connectivity index (χ2n) is 6.93. The minimum Gasteiger partial charge on any atom is -0.293 e. The monoisotopic (exact) mass is 322 g/mol. The SMILES string of the molecule is Cc1ccccc1C(=O)c1c[nH+]c2[nH]cc(C(=O)C(C)(C)C)c2n1. The van der Waals surface area contributed by atoms with Crippen molar-refractivity contribution in [2.24, 2.45) is 5.41 Å². The van der Waals surface area contributed by atoms with E-state index in [0.29, 0.717) is 28.0 Å². The number of hydrogen-bond donors (Lipinski definition) is 1. The number of nitrogens with zero attached hydrogens (tertiary/aromatic N) is 1. The normalized spacial score (nSPS) is 11.7. The summed E-state index contributed by atoms with van der Waals surface area (Å²) in [5.41, 5.74) is 2.89. The van der Waals surface area contributed by atoms with Gasteiger partial charge < -0.3 is 0 Å². The maximum Gasteiger partial charge on any atom is 0.304 e. The molecule has 0 saturated carbocycles. The van der Waals surface area contributed by atoms with Crippen LogP contribution in [0.25, 0.3) is 11.2 Å². The lowest BCUT2D eigenvalue weighted by atomic mass is 9.87. The standard InChI is InChI=1S/C19H19N3O2/c1-11-7-5-6-8-12(11)16(23)14-10-21-18-15(22-14)13(9-20-18)17(24)19(2,3)4/h5-10H,1-4H3,(H,20,21)/p+1. The Labute approximate surface area is 140 Å². The van der Waals surface area contributed by atoms with Crippen LogP contribution in [0.3, 0.4) is 0 Å². The first-order valence-electron chi connectivity index (χ1n) is 7.84. The van der Waals surface area contributed by atoms with Crippen LogP contribution >= 0.6 is 0 Å². The van der Waals surface area contributed by atoms with Crippen LogP contribution in [0.1, 0.15) is 52.7 Å². The zero-order valence-electron chi connectivity index (χ0n) is 14.2. The van der Waals surface area contributed by atoms with Gasteiger partial charge in [-0.15, -0.1) is 0 Å². The fourth-order valence-corrected chi connectivity index (χ4v) is 2.59. The molecular formula is C19H20N3O2+. The molecule has 0 aliphatic carbocycles. The highest BCUT2D eigenvalue weighted by molar-refractivity contribution is 6.11. The summed E-state index contributed by atoms with van der Waals surface area (Å²) in [6.07, 6.45) is 3.21. The van der Waals surface area contributed by atoms with Gasteiger partial charge in [0, 0.05) is 11.0 Å². The Morgan fingerprint density at radius 3 is 2.50 bits per heavy atom. The average Bonchev–Trinajstić information content (AvgIpc) is 2.96. The minimum atomic E-state index is -0.521. The van der Waals surface area contributed by atoms with E-state index in [1.165, 1.54) is 0 Å². The average molecular weight is 322 g/mol. The van der Waals surface area contributed by atoms with Crippen LogP contribution in [0, 0.1) is 12.3 Å². The van der Waals surface area contributed by atoms with Crippen molar-refractivity contribution in [3.8, 4) is 0 Å². The van der Waals surface area contributed by atoms with Crippen molar-refractivity contribution < 1.29 is 14.6 Å². The van der Waals surface area contributed by atoms with E-state index in [2.05, 4.69) is 15.0 Å². The maximum absolute atomic E-state index is 12.7. The van der Waals surface area contributed by atoms with Gasteiger partial charge in [0.05, 0.1) is 5.56 Å². The molecule has 0 saturated heterocycles. The minimum absolute atomic E-state index is 0.0184. The van der Waals surface area contributed by atoms with Crippen LogP contribution < -0.4 is 4.98 Å². The van der Waals surface area contributed by atoms with Gasteiger partial charge in [0.1, 0.15) is 12.4 Å². The Bertz CT molecular complexity index is 949. The van der Waals surface area contributed by atoms with Crippen LogP contribution in [0.4, 0.5) is 0 Å². The molecule has 2 aromatic heterocycles. The number of aromatic nitrogens is 3. The summed E-state index contributed by atoms with van der Waals surface area (Å²) in [5, 5.41) is 0. The lowest BCUT2D eigenvalue weighted by Crippen LogP contribution is -2.20. The smallest absolute Gasteiger partial charge is 0.293 e. The van der Waals surface area contributed by atoms with E-state index < -0.39 is 5.41 Å². The molecule has 24 heavy (non-hydrogen) atoms. The number of benzene rings is 1. The van der Waals surface area contributed by atoms with Gasteiger partial charge in [-0.3, -0.25) is 9.59 Å². The van der Waals surface area contributed by atoms with Crippen LogP contribution in [0.5, 0.6) is 0 Å². The molecule has 2 heterocycles.